The predicted molar refractivity (Wildman–Crippen MR) is 129 cm³/mol. The first kappa shape index (κ1) is 22.3. The Morgan fingerprint density at radius 1 is 0.971 bits per heavy atom. The van der Waals surface area contributed by atoms with Gasteiger partial charge in [-0.25, -0.2) is 4.79 Å². The van der Waals surface area contributed by atoms with Crippen molar-refractivity contribution in [2.24, 2.45) is 0 Å². The van der Waals surface area contributed by atoms with Crippen molar-refractivity contribution < 1.29 is 24.5 Å². The van der Waals surface area contributed by atoms with Gasteiger partial charge in [0.05, 0.1) is 18.8 Å². The quantitative estimate of drug-likeness (QED) is 0.565. The van der Waals surface area contributed by atoms with Crippen molar-refractivity contribution in [3.63, 3.8) is 0 Å². The molecule has 174 valence electrons. The number of rotatable bonds is 7. The largest absolute Gasteiger partial charge is 0.492 e. The van der Waals surface area contributed by atoms with Crippen molar-refractivity contribution in [3.05, 3.63) is 107 Å². The van der Waals surface area contributed by atoms with Gasteiger partial charge in [-0.15, -0.1) is 0 Å². The van der Waals surface area contributed by atoms with Gasteiger partial charge in [-0.2, -0.15) is 0 Å². The number of carboxylic acid groups (broad SMARTS) is 1. The van der Waals surface area contributed by atoms with Crippen molar-refractivity contribution in [2.75, 3.05) is 39.5 Å². The van der Waals surface area contributed by atoms with E-state index in [0.717, 1.165) is 38.4 Å². The molecular formula is C28H27NO5. The van der Waals surface area contributed by atoms with Gasteiger partial charge in [0.2, 0.25) is 0 Å². The van der Waals surface area contributed by atoms with Crippen LogP contribution in [0.3, 0.4) is 0 Å². The monoisotopic (exact) mass is 457 g/mol. The minimum Gasteiger partial charge on any atom is -0.492 e. The Morgan fingerprint density at radius 3 is 2.32 bits per heavy atom. The first-order valence-electron chi connectivity index (χ1n) is 11.5. The average Bonchev–Trinajstić information content (AvgIpc) is 3.15. The Morgan fingerprint density at radius 2 is 1.65 bits per heavy atom. The highest BCUT2D eigenvalue weighted by Crippen LogP contribution is 2.51. The van der Waals surface area contributed by atoms with Crippen LogP contribution in [-0.2, 0) is 15.1 Å². The summed E-state index contributed by atoms with van der Waals surface area (Å²) in [5.41, 5.74) is 1.12. The fraction of sp³-hybridized carbons (Fsp3) is 0.250. The summed E-state index contributed by atoms with van der Waals surface area (Å²) in [5, 5.41) is 22.4. The highest BCUT2D eigenvalue weighted by atomic mass is 16.5. The smallest absolute Gasteiger partial charge is 0.335 e. The summed E-state index contributed by atoms with van der Waals surface area (Å²) in [7, 11) is 0. The molecule has 3 aromatic rings. The Hall–Kier alpha value is -3.45. The lowest BCUT2D eigenvalue weighted by Gasteiger charge is -2.28. The summed E-state index contributed by atoms with van der Waals surface area (Å²) in [6.07, 6.45) is 0. The van der Waals surface area contributed by atoms with Gasteiger partial charge in [-0.1, -0.05) is 66.7 Å². The van der Waals surface area contributed by atoms with E-state index in [-0.39, 0.29) is 5.57 Å². The number of ether oxygens (including phenoxy) is 2. The number of carbonyl (C=O) groups is 1. The number of carboxylic acids is 1. The average molecular weight is 458 g/mol. The van der Waals surface area contributed by atoms with Crippen LogP contribution in [0.4, 0.5) is 0 Å². The lowest BCUT2D eigenvalue weighted by Crippen LogP contribution is -2.38. The zero-order valence-electron chi connectivity index (χ0n) is 18.8. The Labute approximate surface area is 198 Å². The number of hydrogen-bond donors (Lipinski definition) is 2. The maximum Gasteiger partial charge on any atom is 0.335 e. The van der Waals surface area contributed by atoms with E-state index in [0.29, 0.717) is 34.6 Å². The Balaban J connectivity index is 1.56. The third-order valence-electron chi connectivity index (χ3n) is 6.51. The highest BCUT2D eigenvalue weighted by molar-refractivity contribution is 6.07. The molecule has 1 saturated heterocycles. The van der Waals surface area contributed by atoms with Gasteiger partial charge in [0.1, 0.15) is 18.0 Å². The van der Waals surface area contributed by atoms with Gasteiger partial charge in [0, 0.05) is 30.8 Å². The molecule has 0 saturated carbocycles. The highest BCUT2D eigenvalue weighted by Gasteiger charge is 2.49. The molecular weight excluding hydrogens is 430 g/mol. The standard InChI is InChI=1S/C28H27NO5/c30-27(31)26-25(20-7-3-1-4-8-20)23-12-11-22(34-18-15-29-13-16-33-17-14-29)19-24(23)28(26,32)21-9-5-2-6-10-21/h1-12,19,32H,13-18H2,(H,30,31). The SMILES string of the molecule is O=C(O)C1=C(c2ccccc2)c2ccc(OCCN3CCOCC3)cc2C1(O)c1ccccc1. The molecule has 0 aromatic heterocycles. The molecule has 0 bridgehead atoms. The molecule has 0 radical (unpaired) electrons. The van der Waals surface area contributed by atoms with Crippen molar-refractivity contribution in [3.8, 4) is 5.75 Å². The molecule has 1 unspecified atom stereocenters. The van der Waals surface area contributed by atoms with Crippen LogP contribution in [0.2, 0.25) is 0 Å². The molecule has 1 aliphatic carbocycles. The number of fused-ring (bicyclic) bond motifs is 1. The molecule has 0 amide bonds. The fourth-order valence-electron chi connectivity index (χ4n) is 4.84. The van der Waals surface area contributed by atoms with E-state index >= 15 is 0 Å². The normalized spacial score (nSPS) is 20.3. The number of aliphatic carboxylic acids is 1. The van der Waals surface area contributed by atoms with Gasteiger partial charge in [0.15, 0.2) is 0 Å². The lowest BCUT2D eigenvalue weighted by atomic mass is 9.83. The topological polar surface area (TPSA) is 79.2 Å². The summed E-state index contributed by atoms with van der Waals surface area (Å²) < 4.78 is 11.4. The van der Waals surface area contributed by atoms with Crippen molar-refractivity contribution in [1.82, 2.24) is 4.90 Å². The molecule has 2 N–H and O–H groups in total. The molecule has 1 atom stereocenters. The minimum absolute atomic E-state index is 0.0506. The number of morpholine rings is 1. The first-order valence-corrected chi connectivity index (χ1v) is 11.5. The summed E-state index contributed by atoms with van der Waals surface area (Å²) in [6.45, 7) is 4.50. The molecule has 0 spiro atoms. The van der Waals surface area contributed by atoms with E-state index in [9.17, 15) is 15.0 Å². The maximum atomic E-state index is 12.6. The Kier molecular flexibility index (Phi) is 6.20. The van der Waals surface area contributed by atoms with Crippen molar-refractivity contribution in [2.45, 2.75) is 5.60 Å². The minimum atomic E-state index is -1.81. The van der Waals surface area contributed by atoms with Gasteiger partial charge in [0.25, 0.3) is 0 Å². The van der Waals surface area contributed by atoms with E-state index in [2.05, 4.69) is 4.90 Å². The van der Waals surface area contributed by atoms with Crippen molar-refractivity contribution in [1.29, 1.82) is 0 Å². The predicted octanol–water partition coefficient (Wildman–Crippen LogP) is 3.53. The van der Waals surface area contributed by atoms with E-state index in [4.69, 9.17) is 9.47 Å². The van der Waals surface area contributed by atoms with E-state index < -0.39 is 11.6 Å². The molecule has 5 rings (SSSR count). The number of aliphatic hydroxyl groups is 1. The van der Waals surface area contributed by atoms with Crippen LogP contribution in [0.25, 0.3) is 5.57 Å². The van der Waals surface area contributed by atoms with E-state index in [1.807, 2.05) is 48.5 Å². The van der Waals surface area contributed by atoms with Gasteiger partial charge in [-0.05, 0) is 28.8 Å². The molecule has 6 heteroatoms. The summed E-state index contributed by atoms with van der Waals surface area (Å²) in [6, 6.07) is 23.8. The van der Waals surface area contributed by atoms with Crippen LogP contribution in [0.1, 0.15) is 22.3 Å². The maximum absolute atomic E-state index is 12.6. The van der Waals surface area contributed by atoms with E-state index in [1.54, 1.807) is 30.3 Å². The summed E-state index contributed by atoms with van der Waals surface area (Å²) >= 11 is 0. The molecule has 1 fully saturated rings. The number of benzene rings is 3. The number of hydrogen-bond acceptors (Lipinski definition) is 5. The zero-order chi connectivity index (χ0) is 23.5. The van der Waals surface area contributed by atoms with Crippen LogP contribution in [0.15, 0.2) is 84.4 Å². The summed E-state index contributed by atoms with van der Waals surface area (Å²) in [5.74, 6) is -0.559. The second-order valence-corrected chi connectivity index (χ2v) is 8.51. The van der Waals surface area contributed by atoms with Gasteiger partial charge in [-0.3, -0.25) is 4.90 Å². The zero-order valence-corrected chi connectivity index (χ0v) is 18.8. The van der Waals surface area contributed by atoms with Gasteiger partial charge >= 0.3 is 5.97 Å². The van der Waals surface area contributed by atoms with E-state index in [1.165, 1.54) is 0 Å². The third-order valence-corrected chi connectivity index (χ3v) is 6.51. The van der Waals surface area contributed by atoms with Crippen molar-refractivity contribution >= 4 is 11.5 Å². The van der Waals surface area contributed by atoms with Crippen LogP contribution < -0.4 is 4.74 Å². The third kappa shape index (κ3) is 4.01. The first-order chi connectivity index (χ1) is 16.6. The van der Waals surface area contributed by atoms with Crippen LogP contribution in [-0.4, -0.2) is 60.5 Å². The van der Waals surface area contributed by atoms with Crippen LogP contribution in [0.5, 0.6) is 5.75 Å². The van der Waals surface area contributed by atoms with Gasteiger partial charge < -0.3 is 19.7 Å². The molecule has 34 heavy (non-hydrogen) atoms. The molecule has 3 aromatic carbocycles. The second-order valence-electron chi connectivity index (χ2n) is 8.51. The fourth-order valence-corrected chi connectivity index (χ4v) is 4.84. The lowest BCUT2D eigenvalue weighted by molar-refractivity contribution is -0.134. The molecule has 2 aliphatic rings. The Bertz CT molecular complexity index is 1200. The second kappa shape index (κ2) is 9.43. The van der Waals surface area contributed by atoms with Crippen LogP contribution in [0, 0.1) is 0 Å². The molecule has 1 aliphatic heterocycles. The number of nitrogens with zero attached hydrogens (tertiary/aromatic N) is 1. The van der Waals surface area contributed by atoms with Crippen LogP contribution >= 0.6 is 0 Å². The molecule has 6 nitrogen and oxygen atoms in total. The summed E-state index contributed by atoms with van der Waals surface area (Å²) in [4.78, 5) is 14.9. The molecule has 1 heterocycles.